The summed E-state index contributed by atoms with van der Waals surface area (Å²) in [7, 11) is 0. The van der Waals surface area contributed by atoms with E-state index in [9.17, 15) is 14.4 Å². The van der Waals surface area contributed by atoms with Crippen LogP contribution in [-0.2, 0) is 19.1 Å². The first-order valence-electron chi connectivity index (χ1n) is 8.11. The summed E-state index contributed by atoms with van der Waals surface area (Å²) < 4.78 is 10.5. The maximum Gasteiger partial charge on any atom is 0.330 e. The number of halogens is 1. The molecule has 1 N–H and O–H groups in total. The number of carbonyl (C=O) groups is 3. The molecule has 1 saturated heterocycles. The molecule has 3 rings (SSSR count). The van der Waals surface area contributed by atoms with Gasteiger partial charge >= 0.3 is 5.97 Å². The fourth-order valence-electron chi connectivity index (χ4n) is 2.69. The number of rotatable bonds is 5. The predicted molar refractivity (Wildman–Crippen MR) is 101 cm³/mol. The van der Waals surface area contributed by atoms with Crippen LogP contribution in [0.4, 0.5) is 5.69 Å². The molecule has 2 atom stereocenters. The van der Waals surface area contributed by atoms with Crippen LogP contribution in [-0.4, -0.2) is 41.1 Å². The van der Waals surface area contributed by atoms with Gasteiger partial charge in [-0.2, -0.15) is 0 Å². The fourth-order valence-corrected chi connectivity index (χ4v) is 4.23. The molecule has 142 valence electrons. The smallest absolute Gasteiger partial charge is 0.330 e. The van der Waals surface area contributed by atoms with Crippen LogP contribution in [0.5, 0.6) is 0 Å². The number of carbonyl (C=O) groups excluding carboxylic acids is 3. The molecule has 1 fully saturated rings. The average molecular weight is 409 g/mol. The second kappa shape index (κ2) is 8.49. The maximum absolute atomic E-state index is 12.4. The Bertz CT molecular complexity index is 825. The van der Waals surface area contributed by atoms with E-state index in [2.05, 4.69) is 5.32 Å². The number of nitrogens with zero attached hydrogens (tertiary/aromatic N) is 1. The fraction of sp³-hybridized carbons (Fsp3) is 0.278. The van der Waals surface area contributed by atoms with Gasteiger partial charge in [0.05, 0.1) is 6.26 Å². The number of benzene rings is 1. The lowest BCUT2D eigenvalue weighted by molar-refractivity contribution is -0.155. The zero-order valence-electron chi connectivity index (χ0n) is 14.4. The average Bonchev–Trinajstić information content (AvgIpc) is 3.30. The van der Waals surface area contributed by atoms with Gasteiger partial charge in [0.15, 0.2) is 6.61 Å². The van der Waals surface area contributed by atoms with Gasteiger partial charge < -0.3 is 19.4 Å². The Labute approximate surface area is 165 Å². The Hall–Kier alpha value is -2.45. The molecule has 0 unspecified atom stereocenters. The molecule has 27 heavy (non-hydrogen) atoms. The largest absolute Gasteiger partial charge is 0.466 e. The highest BCUT2D eigenvalue weighted by Gasteiger charge is 2.43. The summed E-state index contributed by atoms with van der Waals surface area (Å²) in [5, 5.41) is 2.76. The summed E-state index contributed by atoms with van der Waals surface area (Å²) >= 11 is 7.20. The Kier molecular flexibility index (Phi) is 6.08. The van der Waals surface area contributed by atoms with E-state index in [0.29, 0.717) is 22.2 Å². The van der Waals surface area contributed by atoms with E-state index in [1.807, 2.05) is 0 Å². The number of esters is 1. The van der Waals surface area contributed by atoms with E-state index in [1.165, 1.54) is 29.8 Å². The molecule has 1 aliphatic rings. The van der Waals surface area contributed by atoms with E-state index < -0.39 is 29.9 Å². The molecular weight excluding hydrogens is 392 g/mol. The van der Waals surface area contributed by atoms with Gasteiger partial charge in [-0.05, 0) is 36.4 Å². The maximum atomic E-state index is 12.4. The van der Waals surface area contributed by atoms with Crippen LogP contribution in [0.3, 0.4) is 0 Å². The van der Waals surface area contributed by atoms with Gasteiger partial charge in [-0.3, -0.25) is 9.59 Å². The molecule has 0 aliphatic carbocycles. The van der Waals surface area contributed by atoms with Gasteiger partial charge in [0.25, 0.3) is 5.91 Å². The number of thioether (sulfide) groups is 1. The lowest BCUT2D eigenvalue weighted by atomic mass is 10.2. The van der Waals surface area contributed by atoms with Crippen molar-refractivity contribution >= 4 is 46.8 Å². The van der Waals surface area contributed by atoms with Crippen LogP contribution >= 0.6 is 23.4 Å². The van der Waals surface area contributed by atoms with Crippen molar-refractivity contribution in [3.8, 4) is 0 Å². The summed E-state index contributed by atoms with van der Waals surface area (Å²) in [6, 6.07) is 9.26. The summed E-state index contributed by atoms with van der Waals surface area (Å²) in [6.45, 7) is 0.940. The number of hydrogen-bond acceptors (Lipinski definition) is 6. The van der Waals surface area contributed by atoms with Crippen LogP contribution in [0.2, 0.25) is 5.02 Å². The Morgan fingerprint density at radius 1 is 1.30 bits per heavy atom. The lowest BCUT2D eigenvalue weighted by Crippen LogP contribution is -2.43. The highest BCUT2D eigenvalue weighted by Crippen LogP contribution is 2.41. The zero-order valence-corrected chi connectivity index (χ0v) is 16.0. The highest BCUT2D eigenvalue weighted by molar-refractivity contribution is 7.99. The molecule has 1 aromatic heterocycles. The van der Waals surface area contributed by atoms with E-state index >= 15 is 0 Å². The summed E-state index contributed by atoms with van der Waals surface area (Å²) in [5.74, 6) is -0.422. The molecular formula is C18H17ClN2O5S. The molecule has 2 amide bonds. The number of furan rings is 1. The normalized spacial score (nSPS) is 19.0. The number of hydrogen-bond donors (Lipinski definition) is 1. The van der Waals surface area contributed by atoms with E-state index in [1.54, 1.807) is 36.4 Å². The Morgan fingerprint density at radius 2 is 2.04 bits per heavy atom. The van der Waals surface area contributed by atoms with Crippen molar-refractivity contribution in [1.82, 2.24) is 4.90 Å². The van der Waals surface area contributed by atoms with Crippen molar-refractivity contribution in [2.75, 3.05) is 17.7 Å². The Morgan fingerprint density at radius 3 is 2.67 bits per heavy atom. The molecule has 2 aromatic rings. The van der Waals surface area contributed by atoms with Gasteiger partial charge in [0.1, 0.15) is 17.2 Å². The second-order valence-electron chi connectivity index (χ2n) is 5.81. The van der Waals surface area contributed by atoms with E-state index in [0.717, 1.165) is 0 Å². The minimum atomic E-state index is -0.772. The van der Waals surface area contributed by atoms with Crippen LogP contribution in [0.1, 0.15) is 18.1 Å². The predicted octanol–water partition coefficient (Wildman–Crippen LogP) is 3.08. The van der Waals surface area contributed by atoms with Gasteiger partial charge in [-0.1, -0.05) is 11.6 Å². The molecule has 0 spiro atoms. The summed E-state index contributed by atoms with van der Waals surface area (Å²) in [6.07, 6.45) is 1.51. The standard InChI is InChI=1S/C18H17ClN2O5S/c1-11(22)21-14(10-27-17(21)15-3-2-8-25-15)18(24)26-9-16(23)20-13-6-4-12(19)5-7-13/h2-8,14,17H,9-10H2,1H3,(H,20,23)/t14-,17+/m1/s1. The van der Waals surface area contributed by atoms with Gasteiger partial charge in [0.2, 0.25) is 5.91 Å². The third-order valence-corrected chi connectivity index (χ3v) is 5.43. The first-order chi connectivity index (χ1) is 13.0. The lowest BCUT2D eigenvalue weighted by Gasteiger charge is -2.25. The van der Waals surface area contributed by atoms with Crippen molar-refractivity contribution in [3.63, 3.8) is 0 Å². The Balaban J connectivity index is 1.57. The third-order valence-electron chi connectivity index (χ3n) is 3.90. The van der Waals surface area contributed by atoms with Crippen molar-refractivity contribution < 1.29 is 23.5 Å². The molecule has 0 radical (unpaired) electrons. The molecule has 1 aromatic carbocycles. The highest BCUT2D eigenvalue weighted by atomic mass is 35.5. The summed E-state index contributed by atoms with van der Waals surface area (Å²) in [5.41, 5.74) is 0.542. The number of anilines is 1. The van der Waals surface area contributed by atoms with Crippen LogP contribution < -0.4 is 5.32 Å². The third kappa shape index (κ3) is 4.64. The van der Waals surface area contributed by atoms with Gasteiger partial charge in [-0.15, -0.1) is 11.8 Å². The van der Waals surface area contributed by atoms with Crippen LogP contribution in [0.15, 0.2) is 47.1 Å². The molecule has 0 bridgehead atoms. The molecule has 2 heterocycles. The minimum absolute atomic E-state index is 0.269. The van der Waals surface area contributed by atoms with E-state index in [-0.39, 0.29) is 5.91 Å². The van der Waals surface area contributed by atoms with Crippen LogP contribution in [0, 0.1) is 0 Å². The monoisotopic (exact) mass is 408 g/mol. The van der Waals surface area contributed by atoms with Gasteiger partial charge in [0, 0.05) is 23.4 Å². The first kappa shape index (κ1) is 19.3. The SMILES string of the molecule is CC(=O)N1[C@@H](C(=O)OCC(=O)Nc2ccc(Cl)cc2)CS[C@H]1c1ccco1. The minimum Gasteiger partial charge on any atom is -0.466 e. The van der Waals surface area contributed by atoms with Gasteiger partial charge in [-0.25, -0.2) is 4.79 Å². The molecule has 9 heteroatoms. The molecule has 0 saturated carbocycles. The summed E-state index contributed by atoms with van der Waals surface area (Å²) in [4.78, 5) is 37.8. The topological polar surface area (TPSA) is 88.8 Å². The zero-order chi connectivity index (χ0) is 19.4. The number of amides is 2. The number of ether oxygens (including phenoxy) is 1. The molecule has 7 nitrogen and oxygen atoms in total. The quantitative estimate of drug-likeness (QED) is 0.765. The van der Waals surface area contributed by atoms with Crippen molar-refractivity contribution in [2.24, 2.45) is 0 Å². The molecule has 1 aliphatic heterocycles. The van der Waals surface area contributed by atoms with Crippen LogP contribution in [0.25, 0.3) is 0 Å². The first-order valence-corrected chi connectivity index (χ1v) is 9.54. The van der Waals surface area contributed by atoms with E-state index in [4.69, 9.17) is 20.8 Å². The van der Waals surface area contributed by atoms with Crippen molar-refractivity contribution in [1.29, 1.82) is 0 Å². The second-order valence-corrected chi connectivity index (χ2v) is 7.36. The van der Waals surface area contributed by atoms with Crippen molar-refractivity contribution in [3.05, 3.63) is 53.4 Å². The van der Waals surface area contributed by atoms with Crippen molar-refractivity contribution in [2.45, 2.75) is 18.3 Å². The number of nitrogens with one attached hydrogen (secondary N) is 1.